The van der Waals surface area contributed by atoms with Gasteiger partial charge in [-0.05, 0) is 26.2 Å². The molecule has 1 atom stereocenters. The minimum absolute atomic E-state index is 0.173. The number of carbonyl (C=O) groups is 2. The Morgan fingerprint density at radius 2 is 0.950 bits per heavy atom. The van der Waals surface area contributed by atoms with Gasteiger partial charge in [-0.1, -0.05) is 129 Å². The predicted octanol–water partition coefficient (Wildman–Crippen LogP) is 7.92. The second kappa shape index (κ2) is 30.8. The molecule has 0 aromatic heterocycles. The number of esters is 2. The lowest BCUT2D eigenvalue weighted by Crippen LogP contribution is -2.33. The van der Waals surface area contributed by atoms with E-state index in [9.17, 15) is 18.0 Å². The van der Waals surface area contributed by atoms with Crippen LogP contribution in [0.1, 0.15) is 162 Å². The molecule has 40 heavy (non-hydrogen) atoms. The van der Waals surface area contributed by atoms with Gasteiger partial charge in [0, 0.05) is 6.42 Å². The molecule has 0 heterocycles. The number of ether oxygens (including phenoxy) is 2. The molecule has 0 aliphatic heterocycles. The zero-order chi connectivity index (χ0) is 30.3. The van der Waals surface area contributed by atoms with Crippen molar-refractivity contribution in [2.75, 3.05) is 19.0 Å². The topological polar surface area (TPSA) is 133 Å². The first-order valence-electron chi connectivity index (χ1n) is 16.2. The first-order valence-corrected chi connectivity index (χ1v) is 17.8. The molecular formula is C31H63NO7S. The minimum atomic E-state index is -3.66. The van der Waals surface area contributed by atoms with Gasteiger partial charge in [0.15, 0.2) is 0 Å². The van der Waals surface area contributed by atoms with E-state index in [1.165, 1.54) is 110 Å². The number of nitrogens with two attached hydrogens (primary N) is 1. The normalized spacial score (nSPS) is 11.9. The van der Waals surface area contributed by atoms with Gasteiger partial charge in [-0.3, -0.25) is 14.1 Å². The molecule has 0 aromatic rings. The molecule has 0 fully saturated rings. The zero-order valence-electron chi connectivity index (χ0n) is 26.1. The molecule has 0 aliphatic carbocycles. The van der Waals surface area contributed by atoms with Crippen LogP contribution in [0.3, 0.4) is 0 Å². The van der Waals surface area contributed by atoms with Crippen molar-refractivity contribution in [2.45, 2.75) is 168 Å². The molecule has 240 valence electrons. The average Bonchev–Trinajstić information content (AvgIpc) is 2.93. The molecule has 3 N–H and O–H groups in total. The molecule has 0 radical (unpaired) electrons. The van der Waals surface area contributed by atoms with Gasteiger partial charge in [-0.2, -0.15) is 8.42 Å². The van der Waals surface area contributed by atoms with Crippen LogP contribution in [0.15, 0.2) is 0 Å². The Morgan fingerprint density at radius 3 is 1.30 bits per heavy atom. The van der Waals surface area contributed by atoms with Gasteiger partial charge in [0.05, 0.1) is 19.0 Å². The summed E-state index contributed by atoms with van der Waals surface area (Å²) in [6.45, 7) is 6.75. The van der Waals surface area contributed by atoms with Crippen LogP contribution in [0, 0.1) is 0 Å². The number of carbonyl (C=O) groups excluding carboxylic acids is 2. The summed E-state index contributed by atoms with van der Waals surface area (Å²) in [5.74, 6) is -0.875. The van der Waals surface area contributed by atoms with Crippen molar-refractivity contribution in [2.24, 2.45) is 5.73 Å². The van der Waals surface area contributed by atoms with Crippen molar-refractivity contribution in [3.8, 4) is 0 Å². The SMILES string of the molecule is CCCCCCCCCCCCOC(=O)CCC(N)C(=O)OCCCCCCCCCCCC.CCS(=O)(=O)O. The van der Waals surface area contributed by atoms with Crippen molar-refractivity contribution in [1.82, 2.24) is 0 Å². The van der Waals surface area contributed by atoms with Crippen LogP contribution in [0.25, 0.3) is 0 Å². The molecule has 9 heteroatoms. The quantitative estimate of drug-likeness (QED) is 0.0557. The maximum Gasteiger partial charge on any atom is 0.322 e. The fourth-order valence-electron chi connectivity index (χ4n) is 4.11. The molecule has 0 bridgehead atoms. The monoisotopic (exact) mass is 593 g/mol. The van der Waals surface area contributed by atoms with Crippen LogP contribution in [0.5, 0.6) is 0 Å². The van der Waals surface area contributed by atoms with Crippen molar-refractivity contribution >= 4 is 22.1 Å². The van der Waals surface area contributed by atoms with Gasteiger partial charge < -0.3 is 15.2 Å². The summed E-state index contributed by atoms with van der Waals surface area (Å²) in [4.78, 5) is 23.8. The first kappa shape index (κ1) is 40.9. The molecule has 0 saturated carbocycles. The van der Waals surface area contributed by atoms with Gasteiger partial charge in [-0.25, -0.2) is 0 Å². The van der Waals surface area contributed by atoms with E-state index in [-0.39, 0.29) is 24.6 Å². The van der Waals surface area contributed by atoms with E-state index in [1.807, 2.05) is 0 Å². The Bertz CT molecular complexity index is 671. The summed E-state index contributed by atoms with van der Waals surface area (Å²) in [5, 5.41) is 0. The summed E-state index contributed by atoms with van der Waals surface area (Å²) in [5.41, 5.74) is 5.87. The lowest BCUT2D eigenvalue weighted by atomic mass is 10.1. The van der Waals surface area contributed by atoms with Crippen LogP contribution in [0.4, 0.5) is 0 Å². The summed E-state index contributed by atoms with van der Waals surface area (Å²) in [6, 6.07) is -0.743. The second-order valence-corrected chi connectivity index (χ2v) is 12.5. The first-order chi connectivity index (χ1) is 19.2. The highest BCUT2D eigenvalue weighted by atomic mass is 32.2. The molecular weight excluding hydrogens is 530 g/mol. The lowest BCUT2D eigenvalue weighted by Gasteiger charge is -2.11. The van der Waals surface area contributed by atoms with E-state index in [4.69, 9.17) is 19.8 Å². The number of rotatable bonds is 27. The van der Waals surface area contributed by atoms with Gasteiger partial charge in [0.1, 0.15) is 6.04 Å². The summed E-state index contributed by atoms with van der Waals surface area (Å²) >= 11 is 0. The maximum absolute atomic E-state index is 12.0. The third-order valence-corrected chi connectivity index (χ3v) is 7.56. The molecule has 0 rings (SSSR count). The van der Waals surface area contributed by atoms with Gasteiger partial charge >= 0.3 is 11.9 Å². The van der Waals surface area contributed by atoms with Crippen molar-refractivity contribution in [1.29, 1.82) is 0 Å². The number of unbranched alkanes of at least 4 members (excludes halogenated alkanes) is 18. The van der Waals surface area contributed by atoms with Crippen LogP contribution in [0.2, 0.25) is 0 Å². The van der Waals surface area contributed by atoms with Crippen molar-refractivity contribution in [3.05, 3.63) is 0 Å². The fourth-order valence-corrected chi connectivity index (χ4v) is 4.11. The predicted molar refractivity (Wildman–Crippen MR) is 165 cm³/mol. The lowest BCUT2D eigenvalue weighted by molar-refractivity contribution is -0.146. The van der Waals surface area contributed by atoms with Gasteiger partial charge in [0.25, 0.3) is 10.1 Å². The molecule has 0 saturated heterocycles. The van der Waals surface area contributed by atoms with Crippen LogP contribution in [-0.4, -0.2) is 49.9 Å². The average molecular weight is 594 g/mol. The molecule has 0 aromatic carbocycles. The molecule has 0 spiro atoms. The zero-order valence-corrected chi connectivity index (χ0v) is 27.0. The van der Waals surface area contributed by atoms with Crippen LogP contribution in [-0.2, 0) is 29.2 Å². The Morgan fingerprint density at radius 1 is 0.625 bits per heavy atom. The van der Waals surface area contributed by atoms with E-state index in [2.05, 4.69) is 13.8 Å². The highest BCUT2D eigenvalue weighted by Gasteiger charge is 2.17. The largest absolute Gasteiger partial charge is 0.466 e. The van der Waals surface area contributed by atoms with Crippen molar-refractivity contribution in [3.63, 3.8) is 0 Å². The third-order valence-electron chi connectivity index (χ3n) is 6.83. The highest BCUT2D eigenvalue weighted by Crippen LogP contribution is 2.12. The molecule has 1 unspecified atom stereocenters. The van der Waals surface area contributed by atoms with E-state index in [0.29, 0.717) is 13.2 Å². The highest BCUT2D eigenvalue weighted by molar-refractivity contribution is 7.85. The van der Waals surface area contributed by atoms with Gasteiger partial charge in [-0.15, -0.1) is 0 Å². The van der Waals surface area contributed by atoms with Crippen LogP contribution < -0.4 is 5.73 Å². The Labute approximate surface area is 246 Å². The molecule has 8 nitrogen and oxygen atoms in total. The number of hydrogen-bond acceptors (Lipinski definition) is 7. The summed E-state index contributed by atoms with van der Waals surface area (Å²) in [7, 11) is -3.66. The summed E-state index contributed by atoms with van der Waals surface area (Å²) < 4.78 is 37.4. The Kier molecular flexibility index (Phi) is 31.5. The smallest absolute Gasteiger partial charge is 0.322 e. The van der Waals surface area contributed by atoms with E-state index in [1.54, 1.807) is 0 Å². The minimum Gasteiger partial charge on any atom is -0.466 e. The van der Waals surface area contributed by atoms with E-state index in [0.717, 1.165) is 25.7 Å². The van der Waals surface area contributed by atoms with E-state index < -0.39 is 22.1 Å². The Balaban J connectivity index is 0. The summed E-state index contributed by atoms with van der Waals surface area (Å²) in [6.07, 6.45) is 25.5. The number of hydrogen-bond donors (Lipinski definition) is 2. The van der Waals surface area contributed by atoms with E-state index >= 15 is 0 Å². The van der Waals surface area contributed by atoms with Gasteiger partial charge in [0.2, 0.25) is 0 Å². The fraction of sp³-hybridized carbons (Fsp3) is 0.935. The third kappa shape index (κ3) is 34.8. The van der Waals surface area contributed by atoms with Crippen molar-refractivity contribution < 1.29 is 32.0 Å². The Hall–Kier alpha value is -1.19. The molecule has 0 amide bonds. The molecule has 0 aliphatic rings. The standard InChI is InChI=1S/C29H57NO4.C2H6O3S/c1-3-5-7-9-11-13-15-17-19-21-25-33-28(31)24-23-27(30)29(32)34-26-22-20-18-16-14-12-10-8-6-4-2;1-2-6(3,4)5/h27H,3-26,30H2,1-2H3;2H2,1H3,(H,3,4,5). The maximum atomic E-state index is 12.0. The second-order valence-electron chi connectivity index (χ2n) is 10.8. The van der Waals surface area contributed by atoms with Crippen LogP contribution >= 0.6 is 0 Å².